The summed E-state index contributed by atoms with van der Waals surface area (Å²) in [5.41, 5.74) is 1.64. The number of esters is 1. The molecule has 0 saturated carbocycles. The van der Waals surface area contributed by atoms with Gasteiger partial charge in [0.15, 0.2) is 0 Å². The first kappa shape index (κ1) is 18.5. The summed E-state index contributed by atoms with van der Waals surface area (Å²) in [6, 6.07) is 14.8. The molecule has 3 aromatic rings. The van der Waals surface area contributed by atoms with Crippen LogP contribution in [0.2, 0.25) is 0 Å². The molecule has 6 nitrogen and oxygen atoms in total. The first-order chi connectivity index (χ1) is 12.9. The number of fused-ring (bicyclic) bond motifs is 1. The summed E-state index contributed by atoms with van der Waals surface area (Å²) in [5, 5.41) is 3.65. The first-order valence-electron chi connectivity index (χ1n) is 8.61. The van der Waals surface area contributed by atoms with Gasteiger partial charge in [-0.2, -0.15) is 0 Å². The Labute approximate surface area is 157 Å². The maximum absolute atomic E-state index is 12.4. The van der Waals surface area contributed by atoms with Crippen LogP contribution in [0.1, 0.15) is 18.1 Å². The van der Waals surface area contributed by atoms with Gasteiger partial charge < -0.3 is 19.8 Å². The molecule has 1 atom stereocenters. The van der Waals surface area contributed by atoms with E-state index in [1.165, 1.54) is 7.11 Å². The number of benzene rings is 2. The maximum Gasteiger partial charge on any atom is 0.413 e. The zero-order valence-electron chi connectivity index (χ0n) is 15.5. The number of hydrogen-bond acceptors (Lipinski definition) is 4. The van der Waals surface area contributed by atoms with Crippen LogP contribution in [0.15, 0.2) is 54.7 Å². The van der Waals surface area contributed by atoms with Crippen LogP contribution in [0, 0.1) is 6.92 Å². The number of methoxy groups -OCH3 is 1. The first-order valence-corrected chi connectivity index (χ1v) is 8.61. The molecule has 0 saturated heterocycles. The zero-order chi connectivity index (χ0) is 19.4. The number of rotatable bonds is 5. The lowest BCUT2D eigenvalue weighted by Crippen LogP contribution is -2.55. The van der Waals surface area contributed by atoms with Gasteiger partial charge in [0.25, 0.3) is 0 Å². The number of aromatic amines is 1. The number of aryl methyl sites for hydroxylation is 1. The number of carbonyl (C=O) groups excluding carboxylic acids is 2. The van der Waals surface area contributed by atoms with Crippen molar-refractivity contribution in [2.24, 2.45) is 0 Å². The van der Waals surface area contributed by atoms with E-state index >= 15 is 0 Å². The van der Waals surface area contributed by atoms with Crippen LogP contribution >= 0.6 is 0 Å². The molecule has 0 radical (unpaired) electrons. The lowest BCUT2D eigenvalue weighted by atomic mass is 9.92. The minimum Gasteiger partial charge on any atom is -0.467 e. The van der Waals surface area contributed by atoms with Crippen LogP contribution in [0.25, 0.3) is 10.9 Å². The van der Waals surface area contributed by atoms with Gasteiger partial charge in [0.1, 0.15) is 11.3 Å². The highest BCUT2D eigenvalue weighted by Crippen LogP contribution is 2.23. The third kappa shape index (κ3) is 4.11. The van der Waals surface area contributed by atoms with E-state index in [0.717, 1.165) is 22.0 Å². The minimum absolute atomic E-state index is 0.257. The fraction of sp³-hybridized carbons (Fsp3) is 0.238. The Morgan fingerprint density at radius 1 is 1.11 bits per heavy atom. The van der Waals surface area contributed by atoms with Crippen LogP contribution in [0.4, 0.5) is 4.79 Å². The summed E-state index contributed by atoms with van der Waals surface area (Å²) in [6.07, 6.45) is 1.37. The van der Waals surface area contributed by atoms with Crippen LogP contribution in [0.5, 0.6) is 5.75 Å². The highest BCUT2D eigenvalue weighted by molar-refractivity contribution is 5.88. The molecule has 1 heterocycles. The quantitative estimate of drug-likeness (QED) is 0.674. The molecule has 2 N–H and O–H groups in total. The van der Waals surface area contributed by atoms with Crippen LogP contribution < -0.4 is 10.1 Å². The standard InChI is InChI=1S/C21H22N2O4/c1-14-8-10-16(11-9-14)27-20(25)23-21(2,19(24)26-3)12-15-13-22-18-7-5-4-6-17(15)18/h4-11,13,22H,12H2,1-3H3,(H,23,25). The number of hydrogen-bond donors (Lipinski definition) is 2. The number of aromatic nitrogens is 1. The number of amides is 1. The molecule has 0 bridgehead atoms. The molecule has 2 aromatic carbocycles. The van der Waals surface area contributed by atoms with Crippen molar-refractivity contribution in [3.8, 4) is 5.75 Å². The summed E-state index contributed by atoms with van der Waals surface area (Å²) in [6.45, 7) is 3.57. The number of ether oxygens (including phenoxy) is 2. The van der Waals surface area contributed by atoms with Crippen molar-refractivity contribution in [2.45, 2.75) is 25.8 Å². The Kier molecular flexibility index (Phi) is 5.16. The summed E-state index contributed by atoms with van der Waals surface area (Å²) >= 11 is 0. The molecule has 0 spiro atoms. The second-order valence-corrected chi connectivity index (χ2v) is 6.69. The normalized spacial score (nSPS) is 13.0. The molecule has 6 heteroatoms. The minimum atomic E-state index is -1.28. The number of para-hydroxylation sites is 1. The Hall–Kier alpha value is -3.28. The summed E-state index contributed by atoms with van der Waals surface area (Å²) in [5.74, 6) is -0.147. The topological polar surface area (TPSA) is 80.4 Å². The van der Waals surface area contributed by atoms with Gasteiger partial charge in [0.2, 0.25) is 0 Å². The van der Waals surface area contributed by atoms with Gasteiger partial charge in [-0.3, -0.25) is 0 Å². The fourth-order valence-electron chi connectivity index (χ4n) is 3.02. The molecule has 140 valence electrons. The van der Waals surface area contributed by atoms with E-state index in [1.807, 2.05) is 49.5 Å². The van der Waals surface area contributed by atoms with Crippen LogP contribution in [0.3, 0.4) is 0 Å². The highest BCUT2D eigenvalue weighted by Gasteiger charge is 2.37. The van der Waals surface area contributed by atoms with Gasteiger partial charge in [0, 0.05) is 23.5 Å². The second-order valence-electron chi connectivity index (χ2n) is 6.69. The molecule has 0 aliphatic heterocycles. The average Bonchev–Trinajstić information content (AvgIpc) is 3.05. The van der Waals surface area contributed by atoms with Crippen molar-refractivity contribution in [3.63, 3.8) is 0 Å². The van der Waals surface area contributed by atoms with Crippen molar-refractivity contribution >= 4 is 23.0 Å². The molecule has 0 fully saturated rings. The lowest BCUT2D eigenvalue weighted by molar-refractivity contribution is -0.147. The molecular weight excluding hydrogens is 344 g/mol. The third-order valence-electron chi connectivity index (χ3n) is 4.46. The van der Waals surface area contributed by atoms with E-state index in [1.54, 1.807) is 19.1 Å². The predicted molar refractivity (Wildman–Crippen MR) is 103 cm³/mol. The Morgan fingerprint density at radius 3 is 2.52 bits per heavy atom. The van der Waals surface area contributed by atoms with E-state index in [9.17, 15) is 9.59 Å². The largest absolute Gasteiger partial charge is 0.467 e. The summed E-state index contributed by atoms with van der Waals surface area (Å²) in [7, 11) is 1.29. The molecular formula is C21H22N2O4. The van der Waals surface area contributed by atoms with Crippen molar-refractivity contribution in [3.05, 3.63) is 65.9 Å². The van der Waals surface area contributed by atoms with Gasteiger partial charge in [0.05, 0.1) is 7.11 Å². The average molecular weight is 366 g/mol. The zero-order valence-corrected chi connectivity index (χ0v) is 15.5. The van der Waals surface area contributed by atoms with E-state index in [-0.39, 0.29) is 6.42 Å². The number of nitrogens with one attached hydrogen (secondary N) is 2. The van der Waals surface area contributed by atoms with Gasteiger partial charge in [-0.25, -0.2) is 9.59 Å². The van der Waals surface area contributed by atoms with Crippen molar-refractivity contribution in [2.75, 3.05) is 7.11 Å². The predicted octanol–water partition coefficient (Wildman–Crippen LogP) is 3.74. The smallest absolute Gasteiger partial charge is 0.413 e. The molecule has 3 rings (SSSR count). The third-order valence-corrected chi connectivity index (χ3v) is 4.46. The van der Waals surface area contributed by atoms with E-state index in [2.05, 4.69) is 10.3 Å². The maximum atomic E-state index is 12.4. The van der Waals surface area contributed by atoms with Crippen LogP contribution in [-0.4, -0.2) is 29.7 Å². The summed E-state index contributed by atoms with van der Waals surface area (Å²) < 4.78 is 10.2. The molecule has 0 aliphatic rings. The van der Waals surface area contributed by atoms with Gasteiger partial charge in [-0.05, 0) is 37.6 Å². The Balaban J connectivity index is 1.80. The van der Waals surface area contributed by atoms with Crippen molar-refractivity contribution in [1.29, 1.82) is 0 Å². The Morgan fingerprint density at radius 2 is 1.81 bits per heavy atom. The SMILES string of the molecule is COC(=O)C(C)(Cc1c[nH]c2ccccc12)NC(=O)Oc1ccc(C)cc1. The van der Waals surface area contributed by atoms with Gasteiger partial charge in [-0.1, -0.05) is 35.9 Å². The van der Waals surface area contributed by atoms with Crippen LogP contribution in [-0.2, 0) is 16.0 Å². The van der Waals surface area contributed by atoms with Crippen molar-refractivity contribution in [1.82, 2.24) is 10.3 Å². The lowest BCUT2D eigenvalue weighted by Gasteiger charge is -2.27. The van der Waals surface area contributed by atoms with Gasteiger partial charge >= 0.3 is 12.1 Å². The van der Waals surface area contributed by atoms with E-state index < -0.39 is 17.6 Å². The summed E-state index contributed by atoms with van der Waals surface area (Å²) in [4.78, 5) is 28.0. The number of H-pyrrole nitrogens is 1. The molecule has 27 heavy (non-hydrogen) atoms. The molecule has 0 aliphatic carbocycles. The van der Waals surface area contributed by atoms with E-state index in [0.29, 0.717) is 5.75 Å². The molecule has 1 aromatic heterocycles. The van der Waals surface area contributed by atoms with E-state index in [4.69, 9.17) is 9.47 Å². The number of carbonyl (C=O) groups is 2. The monoisotopic (exact) mass is 366 g/mol. The fourth-order valence-corrected chi connectivity index (χ4v) is 3.02. The second kappa shape index (κ2) is 7.53. The van der Waals surface area contributed by atoms with Gasteiger partial charge in [-0.15, -0.1) is 0 Å². The molecule has 1 unspecified atom stereocenters. The highest BCUT2D eigenvalue weighted by atomic mass is 16.6. The van der Waals surface area contributed by atoms with Crippen molar-refractivity contribution < 1.29 is 19.1 Å². The Bertz CT molecular complexity index is 962. The molecule has 1 amide bonds.